The monoisotopic (exact) mass is 285 g/mol. The molecule has 0 bridgehead atoms. The maximum absolute atomic E-state index is 12.1. The first-order chi connectivity index (χ1) is 8.08. The number of rotatable bonds is 2. The molecule has 1 aromatic heterocycles. The van der Waals surface area contributed by atoms with Gasteiger partial charge < -0.3 is 0 Å². The topological polar surface area (TPSA) is 30.0 Å². The minimum absolute atomic E-state index is 0.165. The maximum atomic E-state index is 12.1. The molecule has 0 aliphatic rings. The van der Waals surface area contributed by atoms with E-state index in [1.54, 1.807) is 24.3 Å². The van der Waals surface area contributed by atoms with Crippen LogP contribution in [0.15, 0.2) is 36.5 Å². The van der Waals surface area contributed by atoms with Crippen LogP contribution in [0, 0.1) is 0 Å². The van der Waals surface area contributed by atoms with Crippen LogP contribution < -0.4 is 0 Å². The summed E-state index contributed by atoms with van der Waals surface area (Å²) >= 11 is 17.4. The first-order valence-electron chi connectivity index (χ1n) is 4.69. The third kappa shape index (κ3) is 2.78. The van der Waals surface area contributed by atoms with Crippen molar-refractivity contribution in [3.63, 3.8) is 0 Å². The second-order valence-corrected chi connectivity index (χ2v) is 4.60. The highest BCUT2D eigenvalue weighted by atomic mass is 35.5. The van der Waals surface area contributed by atoms with E-state index in [1.807, 2.05) is 0 Å². The molecule has 1 aromatic carbocycles. The molecule has 86 valence electrons. The number of carbonyl (C=O) groups is 1. The summed E-state index contributed by atoms with van der Waals surface area (Å²) in [6.45, 7) is 0. The average Bonchev–Trinajstić information content (AvgIpc) is 2.28. The number of aromatic nitrogens is 1. The summed E-state index contributed by atoms with van der Waals surface area (Å²) in [6.07, 6.45) is 1.38. The van der Waals surface area contributed by atoms with Crippen LogP contribution in [0.4, 0.5) is 0 Å². The Balaban J connectivity index is 2.44. The predicted octanol–water partition coefficient (Wildman–Crippen LogP) is 4.27. The number of hydrogen-bond acceptors (Lipinski definition) is 2. The van der Waals surface area contributed by atoms with E-state index < -0.39 is 0 Å². The van der Waals surface area contributed by atoms with E-state index >= 15 is 0 Å². The Kier molecular flexibility index (Phi) is 3.67. The van der Waals surface area contributed by atoms with E-state index in [1.165, 1.54) is 12.3 Å². The third-order valence-corrected chi connectivity index (χ3v) is 2.84. The van der Waals surface area contributed by atoms with Gasteiger partial charge in [-0.25, -0.2) is 4.98 Å². The molecule has 0 aliphatic heterocycles. The average molecular weight is 287 g/mol. The van der Waals surface area contributed by atoms with E-state index in [9.17, 15) is 4.79 Å². The molecule has 0 saturated heterocycles. The van der Waals surface area contributed by atoms with Crippen molar-refractivity contribution < 1.29 is 4.79 Å². The lowest BCUT2D eigenvalue weighted by atomic mass is 10.1. The fraction of sp³-hybridized carbons (Fsp3) is 0. The number of hydrogen-bond donors (Lipinski definition) is 0. The molecule has 0 N–H and O–H groups in total. The number of pyridine rings is 1. The van der Waals surface area contributed by atoms with Gasteiger partial charge in [-0.1, -0.05) is 46.9 Å². The van der Waals surface area contributed by atoms with Crippen LogP contribution in [0.25, 0.3) is 0 Å². The summed E-state index contributed by atoms with van der Waals surface area (Å²) < 4.78 is 0. The van der Waals surface area contributed by atoms with Crippen molar-refractivity contribution in [2.24, 2.45) is 0 Å². The van der Waals surface area contributed by atoms with Gasteiger partial charge in [0.15, 0.2) is 0 Å². The van der Waals surface area contributed by atoms with Gasteiger partial charge in [-0.15, -0.1) is 0 Å². The molecule has 0 aliphatic carbocycles. The molecule has 0 radical (unpaired) electrons. The Morgan fingerprint density at radius 2 is 1.82 bits per heavy atom. The van der Waals surface area contributed by atoms with Crippen LogP contribution in [-0.2, 0) is 0 Å². The lowest BCUT2D eigenvalue weighted by Gasteiger charge is -2.03. The van der Waals surface area contributed by atoms with E-state index in [4.69, 9.17) is 34.8 Å². The first-order valence-corrected chi connectivity index (χ1v) is 5.82. The molecule has 17 heavy (non-hydrogen) atoms. The second-order valence-electron chi connectivity index (χ2n) is 3.32. The van der Waals surface area contributed by atoms with Crippen LogP contribution >= 0.6 is 34.8 Å². The van der Waals surface area contributed by atoms with E-state index in [2.05, 4.69) is 4.98 Å². The molecular formula is C12H6Cl3NO. The highest BCUT2D eigenvalue weighted by molar-refractivity contribution is 6.37. The predicted molar refractivity (Wildman–Crippen MR) is 69.1 cm³/mol. The summed E-state index contributed by atoms with van der Waals surface area (Å²) in [6, 6.07) is 8.08. The van der Waals surface area contributed by atoms with Crippen molar-refractivity contribution in [3.8, 4) is 0 Å². The zero-order valence-corrected chi connectivity index (χ0v) is 10.7. The van der Waals surface area contributed by atoms with Crippen molar-refractivity contribution in [1.82, 2.24) is 4.98 Å². The van der Waals surface area contributed by atoms with Gasteiger partial charge in [-0.3, -0.25) is 4.79 Å². The number of nitrogens with zero attached hydrogens (tertiary/aromatic N) is 1. The quantitative estimate of drug-likeness (QED) is 0.772. The lowest BCUT2D eigenvalue weighted by Crippen LogP contribution is -2.04. The molecule has 0 atom stereocenters. The minimum Gasteiger partial charge on any atom is -0.287 e. The van der Waals surface area contributed by atoms with Gasteiger partial charge in [-0.2, -0.15) is 0 Å². The fourth-order valence-corrected chi connectivity index (χ4v) is 2.00. The summed E-state index contributed by atoms with van der Waals surface area (Å²) in [5.41, 5.74) is 0.604. The molecule has 0 unspecified atom stereocenters. The van der Waals surface area contributed by atoms with Crippen LogP contribution in [0.3, 0.4) is 0 Å². The molecule has 0 fully saturated rings. The Hall–Kier alpha value is -1.09. The van der Waals surface area contributed by atoms with Crippen LogP contribution in [0.2, 0.25) is 15.1 Å². The van der Waals surface area contributed by atoms with Crippen LogP contribution in [0.5, 0.6) is 0 Å². The lowest BCUT2D eigenvalue weighted by molar-refractivity contribution is 0.103. The molecule has 0 spiro atoms. The minimum atomic E-state index is -0.283. The molecule has 5 heteroatoms. The Morgan fingerprint density at radius 1 is 1.06 bits per heavy atom. The molecule has 2 nitrogen and oxygen atoms in total. The summed E-state index contributed by atoms with van der Waals surface area (Å²) in [4.78, 5) is 16.0. The summed E-state index contributed by atoms with van der Waals surface area (Å²) in [5, 5.41) is 1.10. The van der Waals surface area contributed by atoms with Crippen molar-refractivity contribution in [2.75, 3.05) is 0 Å². The van der Waals surface area contributed by atoms with E-state index in [-0.39, 0.29) is 16.5 Å². The van der Waals surface area contributed by atoms with Crippen molar-refractivity contribution in [2.45, 2.75) is 0 Å². The normalized spacial score (nSPS) is 10.3. The Morgan fingerprint density at radius 3 is 2.47 bits per heavy atom. The van der Waals surface area contributed by atoms with Gasteiger partial charge >= 0.3 is 0 Å². The largest absolute Gasteiger partial charge is 0.287 e. The number of benzene rings is 1. The zero-order valence-electron chi connectivity index (χ0n) is 8.45. The maximum Gasteiger partial charge on any atom is 0.212 e. The van der Waals surface area contributed by atoms with Gasteiger partial charge in [-0.05, 0) is 18.2 Å². The van der Waals surface area contributed by atoms with Crippen LogP contribution in [0.1, 0.15) is 16.1 Å². The van der Waals surface area contributed by atoms with Gasteiger partial charge in [0.25, 0.3) is 0 Å². The smallest absolute Gasteiger partial charge is 0.212 e. The van der Waals surface area contributed by atoms with Gasteiger partial charge in [0, 0.05) is 16.8 Å². The van der Waals surface area contributed by atoms with Gasteiger partial charge in [0.1, 0.15) is 5.69 Å². The second kappa shape index (κ2) is 5.05. The number of carbonyl (C=O) groups excluding carboxylic acids is 1. The number of ketones is 1. The van der Waals surface area contributed by atoms with E-state index in [0.29, 0.717) is 15.6 Å². The molecule has 1 heterocycles. The van der Waals surface area contributed by atoms with Crippen molar-refractivity contribution >= 4 is 40.6 Å². The van der Waals surface area contributed by atoms with E-state index in [0.717, 1.165) is 0 Å². The van der Waals surface area contributed by atoms with Crippen molar-refractivity contribution in [3.05, 3.63) is 62.9 Å². The third-order valence-electron chi connectivity index (χ3n) is 2.11. The standard InChI is InChI=1S/C12H6Cl3NO/c13-8-3-1-2-7(4-8)12(17)11-10(15)5-9(14)6-16-11/h1-6H. The summed E-state index contributed by atoms with van der Waals surface area (Å²) in [5.74, 6) is -0.283. The summed E-state index contributed by atoms with van der Waals surface area (Å²) in [7, 11) is 0. The molecule has 0 amide bonds. The zero-order chi connectivity index (χ0) is 12.4. The Labute approximate surface area is 113 Å². The molecule has 2 aromatic rings. The fourth-order valence-electron chi connectivity index (χ4n) is 1.35. The highest BCUT2D eigenvalue weighted by Crippen LogP contribution is 2.22. The molecule has 0 saturated carbocycles. The van der Waals surface area contributed by atoms with Crippen molar-refractivity contribution in [1.29, 1.82) is 0 Å². The molecule has 2 rings (SSSR count). The first kappa shape index (κ1) is 12.4. The van der Waals surface area contributed by atoms with Gasteiger partial charge in [0.2, 0.25) is 5.78 Å². The highest BCUT2D eigenvalue weighted by Gasteiger charge is 2.14. The SMILES string of the molecule is O=C(c1cccc(Cl)c1)c1ncc(Cl)cc1Cl. The number of halogens is 3. The Bertz CT molecular complexity index is 584. The van der Waals surface area contributed by atoms with Crippen LogP contribution in [-0.4, -0.2) is 10.8 Å². The molecular weight excluding hydrogens is 280 g/mol. The van der Waals surface area contributed by atoms with Gasteiger partial charge in [0.05, 0.1) is 10.0 Å².